The van der Waals surface area contributed by atoms with Gasteiger partial charge in [-0.05, 0) is 48.5 Å². The summed E-state index contributed by atoms with van der Waals surface area (Å²) in [6.07, 6.45) is 0.654. The Morgan fingerprint density at radius 2 is 1.97 bits per heavy atom. The van der Waals surface area contributed by atoms with Gasteiger partial charge in [-0.2, -0.15) is 10.2 Å². The van der Waals surface area contributed by atoms with Crippen molar-refractivity contribution in [3.8, 4) is 17.5 Å². The van der Waals surface area contributed by atoms with Crippen molar-refractivity contribution in [3.05, 3.63) is 78.2 Å². The summed E-state index contributed by atoms with van der Waals surface area (Å²) >= 11 is 0. The number of likely N-dealkylation sites (N-methyl/N-ethyl adjacent to an activating group) is 1. The molecule has 2 unspecified atom stereocenters. The lowest BCUT2D eigenvalue weighted by atomic mass is 10.1. The minimum Gasteiger partial charge on any atom is -0.337 e. The van der Waals surface area contributed by atoms with E-state index in [1.807, 2.05) is 31.3 Å². The molecule has 5 rings (SSSR count). The highest BCUT2D eigenvalue weighted by Gasteiger charge is 2.35. The molecule has 4 aromatic rings. The minimum atomic E-state index is -0.313. The number of hydrogen-bond acceptors (Lipinski definition) is 6. The van der Waals surface area contributed by atoms with Crippen LogP contribution < -0.4 is 10.6 Å². The molecule has 1 saturated heterocycles. The third kappa shape index (κ3) is 4.40. The van der Waals surface area contributed by atoms with Crippen molar-refractivity contribution in [1.82, 2.24) is 20.4 Å². The van der Waals surface area contributed by atoms with Gasteiger partial charge in [0.15, 0.2) is 0 Å². The molecule has 33 heavy (non-hydrogen) atoms. The van der Waals surface area contributed by atoms with Gasteiger partial charge in [0.2, 0.25) is 11.7 Å². The van der Waals surface area contributed by atoms with E-state index in [4.69, 9.17) is 9.78 Å². The highest BCUT2D eigenvalue weighted by Crippen LogP contribution is 2.31. The van der Waals surface area contributed by atoms with Crippen molar-refractivity contribution in [2.45, 2.75) is 18.5 Å². The molecule has 2 N–H and O–H groups in total. The van der Waals surface area contributed by atoms with E-state index in [0.29, 0.717) is 35.9 Å². The summed E-state index contributed by atoms with van der Waals surface area (Å²) in [6, 6.07) is 22.6. The maximum absolute atomic E-state index is 12.4. The van der Waals surface area contributed by atoms with Crippen molar-refractivity contribution in [3.63, 3.8) is 0 Å². The number of anilines is 1. The van der Waals surface area contributed by atoms with Gasteiger partial charge in [0, 0.05) is 23.8 Å². The lowest BCUT2D eigenvalue weighted by Gasteiger charge is -2.14. The Labute approximate surface area is 190 Å². The second kappa shape index (κ2) is 8.73. The zero-order valence-electron chi connectivity index (χ0n) is 18.0. The van der Waals surface area contributed by atoms with Crippen LogP contribution in [0.1, 0.15) is 23.9 Å². The Morgan fingerprint density at radius 1 is 1.12 bits per heavy atom. The van der Waals surface area contributed by atoms with Crippen molar-refractivity contribution in [1.29, 1.82) is 5.26 Å². The van der Waals surface area contributed by atoms with Crippen LogP contribution in [0.3, 0.4) is 0 Å². The van der Waals surface area contributed by atoms with Crippen LogP contribution in [-0.2, 0) is 0 Å². The topological polar surface area (TPSA) is 107 Å². The molecular weight excluding hydrogens is 416 g/mol. The molecule has 1 aliphatic heterocycles. The Balaban J connectivity index is 1.25. The number of nitrogens with one attached hydrogen (secondary N) is 2. The Bertz CT molecular complexity index is 1360. The number of carbonyl (C=O) groups excluding carboxylic acids is 1. The average Bonchev–Trinajstić information content (AvgIpc) is 3.45. The molecule has 3 aromatic carbocycles. The van der Waals surface area contributed by atoms with Gasteiger partial charge in [-0.25, -0.2) is 4.79 Å². The number of likely N-dealkylation sites (tertiary alicyclic amines) is 1. The molecule has 2 atom stereocenters. The number of urea groups is 1. The van der Waals surface area contributed by atoms with Crippen LogP contribution >= 0.6 is 0 Å². The van der Waals surface area contributed by atoms with Gasteiger partial charge >= 0.3 is 6.03 Å². The summed E-state index contributed by atoms with van der Waals surface area (Å²) in [7, 11) is 1.97. The number of benzene rings is 3. The molecule has 0 saturated carbocycles. The first kappa shape index (κ1) is 20.7. The SMILES string of the molecule is CN1CC(NC(=O)Nc2cccc(C#N)c2)CC1c1nc(-c2ccc3ccccc3c2)no1. The number of rotatable bonds is 4. The van der Waals surface area contributed by atoms with Crippen LogP contribution in [-0.4, -0.2) is 40.7 Å². The number of nitriles is 1. The highest BCUT2D eigenvalue weighted by molar-refractivity contribution is 5.89. The second-order valence-corrected chi connectivity index (χ2v) is 8.20. The van der Waals surface area contributed by atoms with E-state index in [9.17, 15) is 4.79 Å². The molecule has 2 amide bonds. The van der Waals surface area contributed by atoms with E-state index in [-0.39, 0.29) is 18.1 Å². The maximum Gasteiger partial charge on any atom is 0.319 e. The van der Waals surface area contributed by atoms with Gasteiger partial charge in [0.25, 0.3) is 0 Å². The van der Waals surface area contributed by atoms with Crippen molar-refractivity contribution in [2.75, 3.05) is 18.9 Å². The van der Waals surface area contributed by atoms with E-state index in [2.05, 4.69) is 49.9 Å². The van der Waals surface area contributed by atoms with Gasteiger partial charge < -0.3 is 15.2 Å². The van der Waals surface area contributed by atoms with Crippen LogP contribution in [0.2, 0.25) is 0 Å². The van der Waals surface area contributed by atoms with Crippen LogP contribution in [0.5, 0.6) is 0 Å². The fraction of sp³-hybridized carbons (Fsp3) is 0.200. The summed E-state index contributed by atoms with van der Waals surface area (Å²) in [6.45, 7) is 0.657. The third-order valence-electron chi connectivity index (χ3n) is 5.87. The molecular formula is C25H22N6O2. The highest BCUT2D eigenvalue weighted by atomic mass is 16.5. The summed E-state index contributed by atoms with van der Waals surface area (Å²) in [5, 5.41) is 21.3. The molecule has 8 nitrogen and oxygen atoms in total. The lowest BCUT2D eigenvalue weighted by Crippen LogP contribution is -2.39. The zero-order chi connectivity index (χ0) is 22.8. The second-order valence-electron chi connectivity index (χ2n) is 8.20. The van der Waals surface area contributed by atoms with E-state index < -0.39 is 0 Å². The number of aromatic nitrogens is 2. The predicted molar refractivity (Wildman–Crippen MR) is 124 cm³/mol. The molecule has 164 valence electrons. The van der Waals surface area contributed by atoms with E-state index in [1.165, 1.54) is 0 Å². The third-order valence-corrected chi connectivity index (χ3v) is 5.87. The molecule has 0 aliphatic carbocycles. The van der Waals surface area contributed by atoms with Crippen molar-refractivity contribution < 1.29 is 9.32 Å². The van der Waals surface area contributed by atoms with Gasteiger partial charge in [-0.3, -0.25) is 4.90 Å². The van der Waals surface area contributed by atoms with Crippen molar-refractivity contribution in [2.24, 2.45) is 0 Å². The van der Waals surface area contributed by atoms with Gasteiger partial charge in [-0.1, -0.05) is 47.6 Å². The molecule has 1 aromatic heterocycles. The first-order chi connectivity index (χ1) is 16.1. The Kier molecular flexibility index (Phi) is 5.47. The van der Waals surface area contributed by atoms with E-state index in [1.54, 1.807) is 24.3 Å². The first-order valence-corrected chi connectivity index (χ1v) is 10.7. The molecule has 0 radical (unpaired) electrons. The summed E-state index contributed by atoms with van der Waals surface area (Å²) in [5.41, 5.74) is 1.97. The number of fused-ring (bicyclic) bond motifs is 1. The van der Waals surface area contributed by atoms with Crippen LogP contribution in [0.15, 0.2) is 71.3 Å². The molecule has 2 heterocycles. The molecule has 8 heteroatoms. The maximum atomic E-state index is 12.4. The first-order valence-electron chi connectivity index (χ1n) is 10.7. The fourth-order valence-electron chi connectivity index (χ4n) is 4.23. The molecule has 1 fully saturated rings. The van der Waals surface area contributed by atoms with Crippen LogP contribution in [0, 0.1) is 11.3 Å². The quantitative estimate of drug-likeness (QED) is 0.491. The lowest BCUT2D eigenvalue weighted by molar-refractivity contribution is 0.243. The monoisotopic (exact) mass is 438 g/mol. The van der Waals surface area contributed by atoms with Gasteiger partial charge in [-0.15, -0.1) is 0 Å². The largest absolute Gasteiger partial charge is 0.337 e. The normalized spacial score (nSPS) is 18.2. The number of nitrogens with zero attached hydrogens (tertiary/aromatic N) is 4. The standard InChI is InChI=1S/C25H22N6O2/c1-31-15-21(28-25(32)27-20-8-4-5-16(11-20)14-26)13-22(31)24-29-23(30-33-24)19-10-9-17-6-2-3-7-18(17)12-19/h2-12,21-22H,13,15H2,1H3,(H2,27,28,32). The minimum absolute atomic E-state index is 0.0739. The van der Waals surface area contributed by atoms with E-state index in [0.717, 1.165) is 16.3 Å². The zero-order valence-corrected chi connectivity index (χ0v) is 18.0. The molecule has 0 bridgehead atoms. The number of hydrogen-bond donors (Lipinski definition) is 2. The van der Waals surface area contributed by atoms with Crippen molar-refractivity contribution >= 4 is 22.5 Å². The Hall–Kier alpha value is -4.22. The molecule has 0 spiro atoms. The van der Waals surface area contributed by atoms with E-state index >= 15 is 0 Å². The molecule has 1 aliphatic rings. The summed E-state index contributed by atoms with van der Waals surface area (Å²) < 4.78 is 5.60. The van der Waals surface area contributed by atoms with Crippen LogP contribution in [0.4, 0.5) is 10.5 Å². The van der Waals surface area contributed by atoms with Crippen LogP contribution in [0.25, 0.3) is 22.2 Å². The Morgan fingerprint density at radius 3 is 2.82 bits per heavy atom. The van der Waals surface area contributed by atoms with Gasteiger partial charge in [0.1, 0.15) is 0 Å². The summed E-state index contributed by atoms with van der Waals surface area (Å²) in [4.78, 5) is 19.2. The number of carbonyl (C=O) groups is 1. The smallest absolute Gasteiger partial charge is 0.319 e. The summed E-state index contributed by atoms with van der Waals surface area (Å²) in [5.74, 6) is 1.09. The fourth-order valence-corrected chi connectivity index (χ4v) is 4.23. The van der Waals surface area contributed by atoms with Gasteiger partial charge in [0.05, 0.1) is 17.7 Å². The number of amides is 2. The average molecular weight is 438 g/mol. The predicted octanol–water partition coefficient (Wildman–Crippen LogP) is 4.33.